The van der Waals surface area contributed by atoms with Crippen molar-refractivity contribution in [1.82, 2.24) is 0 Å². The van der Waals surface area contributed by atoms with Crippen molar-refractivity contribution in [1.29, 1.82) is 0 Å². The fourth-order valence-electron chi connectivity index (χ4n) is 1.14. The van der Waals surface area contributed by atoms with Crippen LogP contribution in [0.1, 0.15) is 20.3 Å². The van der Waals surface area contributed by atoms with Gasteiger partial charge in [-0.1, -0.05) is 38.8 Å². The van der Waals surface area contributed by atoms with Gasteiger partial charge in [0.05, 0.1) is 5.57 Å². The Bertz CT molecular complexity index is 288. The predicted molar refractivity (Wildman–Crippen MR) is 58.8 cm³/mol. The highest BCUT2D eigenvalue weighted by Crippen LogP contribution is 2.31. The molecule has 1 atom stereocenters. The summed E-state index contributed by atoms with van der Waals surface area (Å²) in [7, 11) is 0. The number of esters is 1. The molecule has 0 N–H and O–H groups in total. The van der Waals surface area contributed by atoms with Crippen molar-refractivity contribution in [2.24, 2.45) is 0 Å². The van der Waals surface area contributed by atoms with Crippen LogP contribution in [-0.4, -0.2) is 12.1 Å². The summed E-state index contributed by atoms with van der Waals surface area (Å²) in [5, 5.41) is 0. The first kappa shape index (κ1) is 11.0. The van der Waals surface area contributed by atoms with Crippen LogP contribution in [0.3, 0.4) is 0 Å². The molecule has 4 heteroatoms. The average Bonchev–Trinajstić information content (AvgIpc) is 2.26. The van der Waals surface area contributed by atoms with Crippen molar-refractivity contribution < 1.29 is 9.53 Å². The highest BCUT2D eigenvalue weighted by atomic mass is 79.9. The molecule has 0 aromatic carbocycles. The molecule has 0 saturated heterocycles. The van der Waals surface area contributed by atoms with Gasteiger partial charge in [0.15, 0.2) is 6.10 Å². The van der Waals surface area contributed by atoms with Crippen LogP contribution in [0.15, 0.2) is 20.6 Å². The lowest BCUT2D eigenvalue weighted by Gasteiger charge is -2.04. The first-order valence-corrected chi connectivity index (χ1v) is 5.58. The summed E-state index contributed by atoms with van der Waals surface area (Å²) in [6, 6.07) is 0. The minimum absolute atomic E-state index is 0.218. The molecule has 0 radical (unpaired) electrons. The number of hydrogen-bond donors (Lipinski definition) is 0. The van der Waals surface area contributed by atoms with Gasteiger partial charge in [-0.15, -0.1) is 0 Å². The molecule has 0 aliphatic carbocycles. The topological polar surface area (TPSA) is 26.3 Å². The Kier molecular flexibility index (Phi) is 3.74. The van der Waals surface area contributed by atoms with Crippen molar-refractivity contribution >= 4 is 37.8 Å². The summed E-state index contributed by atoms with van der Waals surface area (Å²) in [5.74, 6) is -0.218. The van der Waals surface area contributed by atoms with E-state index in [2.05, 4.69) is 31.9 Å². The smallest absolute Gasteiger partial charge is 0.335 e. The van der Waals surface area contributed by atoms with Crippen molar-refractivity contribution in [2.45, 2.75) is 26.4 Å². The molecule has 72 valence electrons. The summed E-state index contributed by atoms with van der Waals surface area (Å²) in [5.41, 5.74) is 0.731. The second-order valence-electron chi connectivity index (χ2n) is 2.76. The van der Waals surface area contributed by atoms with Gasteiger partial charge in [-0.2, -0.15) is 0 Å². The van der Waals surface area contributed by atoms with Crippen LogP contribution in [0.25, 0.3) is 0 Å². The van der Waals surface area contributed by atoms with E-state index in [1.54, 1.807) is 0 Å². The van der Waals surface area contributed by atoms with Crippen LogP contribution < -0.4 is 0 Å². The molecule has 1 aliphatic rings. The molecule has 0 spiro atoms. The zero-order valence-electron chi connectivity index (χ0n) is 7.43. The minimum Gasteiger partial charge on any atom is -0.449 e. The Morgan fingerprint density at radius 2 is 2.31 bits per heavy atom. The lowest BCUT2D eigenvalue weighted by molar-refractivity contribution is -0.138. The molecule has 0 amide bonds. The normalized spacial score (nSPS) is 23.8. The molecule has 0 aromatic rings. The number of ether oxygens (including phenoxy) is 1. The summed E-state index contributed by atoms with van der Waals surface area (Å²) < 4.78 is 6.93. The van der Waals surface area contributed by atoms with E-state index < -0.39 is 0 Å². The summed E-state index contributed by atoms with van der Waals surface area (Å²) in [6.07, 6.45) is 2.30. The molecule has 0 fully saturated rings. The number of cyclic esters (lactones) is 1. The quantitative estimate of drug-likeness (QED) is 0.732. The molecule has 1 unspecified atom stereocenters. The summed E-state index contributed by atoms with van der Waals surface area (Å²) in [4.78, 5) is 11.3. The highest BCUT2D eigenvalue weighted by Gasteiger charge is 2.29. The van der Waals surface area contributed by atoms with Gasteiger partial charge in [0.2, 0.25) is 0 Å². The SMILES string of the molecule is CCC1=C(Br)C(C=C(C)Br)OC1=O. The van der Waals surface area contributed by atoms with Crippen LogP contribution >= 0.6 is 31.9 Å². The Hall–Kier alpha value is -0.0900. The van der Waals surface area contributed by atoms with Crippen LogP contribution in [0.5, 0.6) is 0 Å². The van der Waals surface area contributed by atoms with Crippen LogP contribution in [0.4, 0.5) is 0 Å². The third-order valence-electron chi connectivity index (χ3n) is 1.75. The van der Waals surface area contributed by atoms with Gasteiger partial charge in [0.25, 0.3) is 0 Å². The second-order valence-corrected chi connectivity index (χ2v) is 4.86. The lowest BCUT2D eigenvalue weighted by atomic mass is 10.2. The highest BCUT2D eigenvalue weighted by molar-refractivity contribution is 9.12. The summed E-state index contributed by atoms with van der Waals surface area (Å²) in [6.45, 7) is 3.84. The number of carbonyl (C=O) groups excluding carboxylic acids is 1. The maximum absolute atomic E-state index is 11.3. The molecule has 0 bridgehead atoms. The van der Waals surface area contributed by atoms with Crippen molar-refractivity contribution in [3.05, 3.63) is 20.6 Å². The van der Waals surface area contributed by atoms with Crippen LogP contribution in [0, 0.1) is 0 Å². The average molecular weight is 310 g/mol. The standard InChI is InChI=1S/C9H10Br2O2/c1-3-6-8(11)7(4-5(2)10)13-9(6)12/h4,7H,3H2,1-2H3. The molecule has 2 nitrogen and oxygen atoms in total. The lowest BCUT2D eigenvalue weighted by Crippen LogP contribution is -2.06. The number of hydrogen-bond acceptors (Lipinski definition) is 2. The van der Waals surface area contributed by atoms with E-state index in [4.69, 9.17) is 4.74 Å². The van der Waals surface area contributed by atoms with E-state index in [0.717, 1.165) is 14.5 Å². The van der Waals surface area contributed by atoms with E-state index in [-0.39, 0.29) is 12.1 Å². The van der Waals surface area contributed by atoms with Gasteiger partial charge in [-0.25, -0.2) is 4.79 Å². The molecular formula is C9H10Br2O2. The Labute approximate surface area is 94.3 Å². The monoisotopic (exact) mass is 308 g/mol. The van der Waals surface area contributed by atoms with Gasteiger partial charge in [-0.05, 0) is 23.9 Å². The third kappa shape index (κ3) is 2.44. The first-order chi connectivity index (χ1) is 6.06. The fourth-order valence-corrected chi connectivity index (χ4v) is 2.04. The third-order valence-corrected chi connectivity index (χ3v) is 2.95. The van der Waals surface area contributed by atoms with E-state index >= 15 is 0 Å². The number of halogens is 2. The number of allylic oxidation sites excluding steroid dienone is 1. The minimum atomic E-state index is -0.248. The van der Waals surface area contributed by atoms with Gasteiger partial charge in [0, 0.05) is 4.48 Å². The largest absolute Gasteiger partial charge is 0.449 e. The molecule has 1 aliphatic heterocycles. The first-order valence-electron chi connectivity index (χ1n) is 3.99. The fraction of sp³-hybridized carbons (Fsp3) is 0.444. The Morgan fingerprint density at radius 3 is 2.69 bits per heavy atom. The van der Waals surface area contributed by atoms with E-state index in [1.165, 1.54) is 0 Å². The van der Waals surface area contributed by atoms with Crippen molar-refractivity contribution in [3.8, 4) is 0 Å². The van der Waals surface area contributed by atoms with E-state index in [1.807, 2.05) is 19.9 Å². The molecular weight excluding hydrogens is 300 g/mol. The zero-order chi connectivity index (χ0) is 10.0. The number of carbonyl (C=O) groups is 1. The van der Waals surface area contributed by atoms with E-state index in [9.17, 15) is 4.79 Å². The Balaban J connectivity index is 2.91. The van der Waals surface area contributed by atoms with Crippen molar-refractivity contribution in [2.75, 3.05) is 0 Å². The Morgan fingerprint density at radius 1 is 1.69 bits per heavy atom. The molecule has 1 rings (SSSR count). The number of rotatable bonds is 2. The summed E-state index contributed by atoms with van der Waals surface area (Å²) >= 11 is 6.67. The van der Waals surface area contributed by atoms with Crippen LogP contribution in [0.2, 0.25) is 0 Å². The maximum Gasteiger partial charge on any atom is 0.335 e. The van der Waals surface area contributed by atoms with Crippen LogP contribution in [-0.2, 0) is 9.53 Å². The molecule has 0 saturated carbocycles. The van der Waals surface area contributed by atoms with Gasteiger partial charge in [0.1, 0.15) is 0 Å². The van der Waals surface area contributed by atoms with Gasteiger partial charge < -0.3 is 4.74 Å². The second kappa shape index (κ2) is 4.42. The maximum atomic E-state index is 11.3. The van der Waals surface area contributed by atoms with Gasteiger partial charge in [-0.3, -0.25) is 0 Å². The van der Waals surface area contributed by atoms with E-state index in [0.29, 0.717) is 6.42 Å². The molecule has 0 aromatic heterocycles. The van der Waals surface area contributed by atoms with Gasteiger partial charge >= 0.3 is 5.97 Å². The zero-order valence-corrected chi connectivity index (χ0v) is 10.6. The van der Waals surface area contributed by atoms with Crippen molar-refractivity contribution in [3.63, 3.8) is 0 Å². The molecule has 1 heterocycles. The molecule has 13 heavy (non-hydrogen) atoms. The predicted octanol–water partition coefficient (Wildman–Crippen LogP) is 3.27.